The third-order valence-electron chi connectivity index (χ3n) is 3.80. The molecule has 0 aromatic heterocycles. The predicted octanol–water partition coefficient (Wildman–Crippen LogP) is 2.43. The van der Waals surface area contributed by atoms with E-state index in [-0.39, 0.29) is 0 Å². The Bertz CT molecular complexity index is 427. The highest BCUT2D eigenvalue weighted by atomic mass is 16.5. The van der Waals surface area contributed by atoms with Gasteiger partial charge in [0.2, 0.25) is 0 Å². The fraction of sp³-hybridized carbons (Fsp3) is 0.625. The van der Waals surface area contributed by atoms with Crippen molar-refractivity contribution < 1.29 is 9.84 Å². The summed E-state index contributed by atoms with van der Waals surface area (Å²) in [6, 6.07) is 6.09. The Morgan fingerprint density at radius 1 is 1.37 bits per heavy atom. The first-order chi connectivity index (χ1) is 8.98. The van der Waals surface area contributed by atoms with Gasteiger partial charge < -0.3 is 15.2 Å². The topological polar surface area (TPSA) is 41.5 Å². The molecule has 1 aliphatic carbocycles. The van der Waals surface area contributed by atoms with Crippen molar-refractivity contribution in [2.24, 2.45) is 5.41 Å². The van der Waals surface area contributed by atoms with Gasteiger partial charge in [-0.3, -0.25) is 0 Å². The van der Waals surface area contributed by atoms with Crippen molar-refractivity contribution >= 4 is 0 Å². The van der Waals surface area contributed by atoms with Crippen molar-refractivity contribution in [1.82, 2.24) is 5.32 Å². The lowest BCUT2D eigenvalue weighted by Crippen LogP contribution is -2.34. The molecule has 19 heavy (non-hydrogen) atoms. The summed E-state index contributed by atoms with van der Waals surface area (Å²) in [5.74, 6) is 0.860. The van der Waals surface area contributed by atoms with Crippen LogP contribution >= 0.6 is 0 Å². The Labute approximate surface area is 116 Å². The zero-order valence-electron chi connectivity index (χ0n) is 12.2. The molecule has 0 bridgehead atoms. The summed E-state index contributed by atoms with van der Waals surface area (Å²) in [7, 11) is 0. The predicted molar refractivity (Wildman–Crippen MR) is 77.6 cm³/mol. The molecule has 1 aromatic carbocycles. The largest absolute Gasteiger partial charge is 0.491 e. The Morgan fingerprint density at radius 2 is 2.11 bits per heavy atom. The molecule has 0 aliphatic heterocycles. The van der Waals surface area contributed by atoms with Crippen molar-refractivity contribution in [3.8, 4) is 5.75 Å². The van der Waals surface area contributed by atoms with Crippen LogP contribution in [-0.2, 0) is 0 Å². The lowest BCUT2D eigenvalue weighted by molar-refractivity contribution is 0.105. The average molecular weight is 263 g/mol. The maximum Gasteiger partial charge on any atom is 0.122 e. The molecular weight excluding hydrogens is 238 g/mol. The van der Waals surface area contributed by atoms with Crippen LogP contribution in [0.5, 0.6) is 5.75 Å². The monoisotopic (exact) mass is 263 g/mol. The van der Waals surface area contributed by atoms with Gasteiger partial charge in [0, 0.05) is 13.1 Å². The van der Waals surface area contributed by atoms with Crippen molar-refractivity contribution in [3.05, 3.63) is 29.3 Å². The second kappa shape index (κ2) is 5.93. The molecule has 1 aromatic rings. The van der Waals surface area contributed by atoms with Crippen LogP contribution < -0.4 is 10.1 Å². The molecule has 1 saturated carbocycles. The summed E-state index contributed by atoms with van der Waals surface area (Å²) in [4.78, 5) is 0. The number of rotatable bonds is 7. The lowest BCUT2D eigenvalue weighted by Gasteiger charge is -2.16. The Morgan fingerprint density at radius 3 is 2.74 bits per heavy atom. The summed E-state index contributed by atoms with van der Waals surface area (Å²) in [6.45, 7) is 8.30. The van der Waals surface area contributed by atoms with Crippen LogP contribution in [0, 0.1) is 19.3 Å². The minimum absolute atomic E-state index is 0.341. The number of hydrogen-bond acceptors (Lipinski definition) is 3. The number of ether oxygens (including phenoxy) is 1. The average Bonchev–Trinajstić information content (AvgIpc) is 3.06. The minimum atomic E-state index is -0.456. The van der Waals surface area contributed by atoms with Crippen LogP contribution in [0.2, 0.25) is 0 Å². The van der Waals surface area contributed by atoms with Gasteiger partial charge in [-0.25, -0.2) is 0 Å². The van der Waals surface area contributed by atoms with Crippen LogP contribution in [0.25, 0.3) is 0 Å². The molecule has 0 saturated heterocycles. The van der Waals surface area contributed by atoms with Gasteiger partial charge in [-0.2, -0.15) is 0 Å². The number of aliphatic hydroxyl groups excluding tert-OH is 1. The molecule has 3 nitrogen and oxygen atoms in total. The van der Waals surface area contributed by atoms with Crippen LogP contribution in [-0.4, -0.2) is 30.9 Å². The highest BCUT2D eigenvalue weighted by molar-refractivity contribution is 5.35. The lowest BCUT2D eigenvalue weighted by atomic mass is 10.1. The van der Waals surface area contributed by atoms with E-state index >= 15 is 0 Å². The first-order valence-electron chi connectivity index (χ1n) is 7.07. The summed E-state index contributed by atoms with van der Waals surface area (Å²) in [6.07, 6.45) is 2.15. The van der Waals surface area contributed by atoms with E-state index in [1.807, 2.05) is 19.1 Å². The van der Waals surface area contributed by atoms with Gasteiger partial charge in [0.1, 0.15) is 18.5 Å². The van der Waals surface area contributed by atoms with Gasteiger partial charge in [-0.05, 0) is 43.7 Å². The van der Waals surface area contributed by atoms with Crippen molar-refractivity contribution in [2.45, 2.75) is 39.7 Å². The normalized spacial score (nSPS) is 18.1. The Balaban J connectivity index is 1.69. The molecule has 3 heteroatoms. The number of hydrogen-bond donors (Lipinski definition) is 2. The van der Waals surface area contributed by atoms with E-state index in [1.54, 1.807) is 0 Å². The second-order valence-electron chi connectivity index (χ2n) is 6.18. The van der Waals surface area contributed by atoms with Crippen molar-refractivity contribution in [3.63, 3.8) is 0 Å². The van der Waals surface area contributed by atoms with E-state index in [0.29, 0.717) is 18.6 Å². The van der Waals surface area contributed by atoms with Gasteiger partial charge >= 0.3 is 0 Å². The van der Waals surface area contributed by atoms with E-state index < -0.39 is 6.10 Å². The van der Waals surface area contributed by atoms with Gasteiger partial charge in [0.15, 0.2) is 0 Å². The number of benzene rings is 1. The maximum atomic E-state index is 9.89. The SMILES string of the molecule is Cc1ccc(OCC(O)CNCC2(C)CC2)c(C)c1. The number of nitrogens with one attached hydrogen (secondary N) is 1. The highest BCUT2D eigenvalue weighted by Gasteiger charge is 2.36. The highest BCUT2D eigenvalue weighted by Crippen LogP contribution is 2.43. The van der Waals surface area contributed by atoms with Gasteiger partial charge in [0.25, 0.3) is 0 Å². The fourth-order valence-corrected chi connectivity index (χ4v) is 2.14. The first kappa shape index (κ1) is 14.4. The first-order valence-corrected chi connectivity index (χ1v) is 7.07. The van der Waals surface area contributed by atoms with Gasteiger partial charge in [0.05, 0.1) is 0 Å². The Hall–Kier alpha value is -1.06. The fourth-order valence-electron chi connectivity index (χ4n) is 2.14. The summed E-state index contributed by atoms with van der Waals surface area (Å²) in [5, 5.41) is 13.2. The zero-order valence-corrected chi connectivity index (χ0v) is 12.2. The molecular formula is C16H25NO2. The third-order valence-corrected chi connectivity index (χ3v) is 3.80. The third kappa shape index (κ3) is 4.51. The van der Waals surface area contributed by atoms with Crippen LogP contribution in [0.4, 0.5) is 0 Å². The molecule has 1 atom stereocenters. The smallest absolute Gasteiger partial charge is 0.122 e. The molecule has 0 amide bonds. The molecule has 2 N–H and O–H groups in total. The maximum absolute atomic E-state index is 9.89. The quantitative estimate of drug-likeness (QED) is 0.794. The number of aliphatic hydroxyl groups is 1. The van der Waals surface area contributed by atoms with Gasteiger partial charge in [-0.1, -0.05) is 24.6 Å². The second-order valence-corrected chi connectivity index (χ2v) is 6.18. The van der Waals surface area contributed by atoms with Gasteiger partial charge in [-0.15, -0.1) is 0 Å². The summed E-state index contributed by atoms with van der Waals surface area (Å²) in [5.41, 5.74) is 2.82. The van der Waals surface area contributed by atoms with Crippen molar-refractivity contribution in [2.75, 3.05) is 19.7 Å². The standard InChI is InChI=1S/C16H25NO2/c1-12-4-5-15(13(2)8-12)19-10-14(18)9-17-11-16(3)6-7-16/h4-5,8,14,17-18H,6-7,9-11H2,1-3H3. The molecule has 1 unspecified atom stereocenters. The summed E-state index contributed by atoms with van der Waals surface area (Å²) < 4.78 is 5.66. The molecule has 0 spiro atoms. The van der Waals surface area contributed by atoms with Crippen LogP contribution in [0.15, 0.2) is 18.2 Å². The van der Waals surface area contributed by atoms with Crippen LogP contribution in [0.3, 0.4) is 0 Å². The summed E-state index contributed by atoms with van der Waals surface area (Å²) >= 11 is 0. The molecule has 0 heterocycles. The van der Waals surface area contributed by atoms with E-state index in [4.69, 9.17) is 4.74 Å². The van der Waals surface area contributed by atoms with E-state index in [9.17, 15) is 5.11 Å². The van der Waals surface area contributed by atoms with Crippen LogP contribution in [0.1, 0.15) is 30.9 Å². The minimum Gasteiger partial charge on any atom is -0.491 e. The molecule has 1 fully saturated rings. The van der Waals surface area contributed by atoms with E-state index in [0.717, 1.165) is 17.9 Å². The van der Waals surface area contributed by atoms with E-state index in [2.05, 4.69) is 25.2 Å². The molecule has 0 radical (unpaired) electrons. The van der Waals surface area contributed by atoms with E-state index in [1.165, 1.54) is 18.4 Å². The zero-order chi connectivity index (χ0) is 13.9. The van der Waals surface area contributed by atoms with Crippen molar-refractivity contribution in [1.29, 1.82) is 0 Å². The number of aryl methyl sites for hydroxylation is 2. The molecule has 106 valence electrons. The molecule has 2 rings (SSSR count). The molecule has 1 aliphatic rings. The Kier molecular flexibility index (Phi) is 4.48.